The molecule has 0 saturated carbocycles. The first kappa shape index (κ1) is 25.8. The standard InChI is InChI=1S/C24H30F2N2O3S/c1-3-8-28(9-4-2)24(31)18-7-5-6-17(13-18)23(30)27-21(22(29)15-32)12-16-10-19(25)14-20(26)11-16/h5-7,10-11,13-14,21-22,29,32H,3-4,8-9,12,15H2,1-2H3,(H,27,30)/t21?,22-/m1/s1. The maximum atomic E-state index is 13.5. The van der Waals surface area contributed by atoms with Crippen LogP contribution in [0, 0.1) is 11.6 Å². The summed E-state index contributed by atoms with van der Waals surface area (Å²) >= 11 is 4.08. The van der Waals surface area contributed by atoms with Crippen LogP contribution in [0.15, 0.2) is 42.5 Å². The molecular formula is C24H30F2N2O3S. The molecule has 0 aliphatic heterocycles. The van der Waals surface area contributed by atoms with E-state index in [-0.39, 0.29) is 23.6 Å². The molecule has 2 aromatic carbocycles. The summed E-state index contributed by atoms with van der Waals surface area (Å²) in [6, 6.07) is 8.62. The quantitative estimate of drug-likeness (QED) is 0.443. The Balaban J connectivity index is 2.20. The highest BCUT2D eigenvalue weighted by Crippen LogP contribution is 2.14. The van der Waals surface area contributed by atoms with Gasteiger partial charge in [0.2, 0.25) is 0 Å². The molecule has 0 fully saturated rings. The van der Waals surface area contributed by atoms with Crippen LogP contribution in [0.1, 0.15) is 53.0 Å². The molecule has 32 heavy (non-hydrogen) atoms. The number of nitrogens with zero attached hydrogens (tertiary/aromatic N) is 1. The van der Waals surface area contributed by atoms with E-state index in [9.17, 15) is 23.5 Å². The Labute approximate surface area is 193 Å². The first-order valence-corrected chi connectivity index (χ1v) is 11.4. The lowest BCUT2D eigenvalue weighted by Crippen LogP contribution is -2.45. The Kier molecular flexibility index (Phi) is 10.1. The third-order valence-electron chi connectivity index (χ3n) is 4.99. The summed E-state index contributed by atoms with van der Waals surface area (Å²) in [4.78, 5) is 27.5. The van der Waals surface area contributed by atoms with Crippen molar-refractivity contribution in [2.75, 3.05) is 18.8 Å². The molecule has 0 aromatic heterocycles. The molecule has 0 saturated heterocycles. The van der Waals surface area contributed by atoms with E-state index in [4.69, 9.17) is 0 Å². The molecule has 1 unspecified atom stereocenters. The number of aliphatic hydroxyl groups excluding tert-OH is 1. The molecule has 2 N–H and O–H groups in total. The van der Waals surface area contributed by atoms with E-state index in [1.165, 1.54) is 6.07 Å². The molecule has 174 valence electrons. The second kappa shape index (κ2) is 12.6. The summed E-state index contributed by atoms with van der Waals surface area (Å²) in [6.45, 7) is 5.25. The van der Waals surface area contributed by atoms with Crippen molar-refractivity contribution >= 4 is 24.4 Å². The van der Waals surface area contributed by atoms with Crippen LogP contribution in [0.3, 0.4) is 0 Å². The Morgan fingerprint density at radius 1 is 1.03 bits per heavy atom. The third kappa shape index (κ3) is 7.31. The first-order chi connectivity index (χ1) is 15.3. The molecule has 2 amide bonds. The van der Waals surface area contributed by atoms with Crippen LogP contribution in [0.5, 0.6) is 0 Å². The van der Waals surface area contributed by atoms with Crippen molar-refractivity contribution in [2.45, 2.75) is 45.3 Å². The normalized spacial score (nSPS) is 12.8. The molecule has 2 atom stereocenters. The van der Waals surface area contributed by atoms with Gasteiger partial charge in [0.15, 0.2) is 0 Å². The number of nitrogens with one attached hydrogen (secondary N) is 1. The van der Waals surface area contributed by atoms with Crippen molar-refractivity contribution < 1.29 is 23.5 Å². The Morgan fingerprint density at radius 2 is 1.62 bits per heavy atom. The van der Waals surface area contributed by atoms with Gasteiger partial charge < -0.3 is 15.3 Å². The number of rotatable bonds is 11. The fourth-order valence-electron chi connectivity index (χ4n) is 3.48. The molecule has 8 heteroatoms. The van der Waals surface area contributed by atoms with E-state index in [2.05, 4.69) is 17.9 Å². The lowest BCUT2D eigenvalue weighted by atomic mass is 10.0. The van der Waals surface area contributed by atoms with Gasteiger partial charge in [-0.15, -0.1) is 0 Å². The fourth-order valence-corrected chi connectivity index (χ4v) is 3.73. The van der Waals surface area contributed by atoms with Crippen molar-refractivity contribution in [1.29, 1.82) is 0 Å². The van der Waals surface area contributed by atoms with Crippen LogP contribution in [0.2, 0.25) is 0 Å². The second-order valence-corrected chi connectivity index (χ2v) is 8.05. The van der Waals surface area contributed by atoms with Crippen molar-refractivity contribution in [3.8, 4) is 0 Å². The molecule has 0 aliphatic carbocycles. The van der Waals surface area contributed by atoms with E-state index in [0.717, 1.165) is 31.0 Å². The fraction of sp³-hybridized carbons (Fsp3) is 0.417. The minimum atomic E-state index is -1.04. The van der Waals surface area contributed by atoms with Crippen LogP contribution in [0.4, 0.5) is 8.78 Å². The van der Waals surface area contributed by atoms with Crippen LogP contribution in [0.25, 0.3) is 0 Å². The van der Waals surface area contributed by atoms with Gasteiger partial charge >= 0.3 is 0 Å². The summed E-state index contributed by atoms with van der Waals surface area (Å²) in [5.41, 5.74) is 0.955. The van der Waals surface area contributed by atoms with Crippen LogP contribution >= 0.6 is 12.6 Å². The van der Waals surface area contributed by atoms with E-state index in [1.54, 1.807) is 23.1 Å². The van der Waals surface area contributed by atoms with Gasteiger partial charge in [0.1, 0.15) is 11.6 Å². The number of thiol groups is 1. The monoisotopic (exact) mass is 464 g/mol. The average molecular weight is 465 g/mol. The zero-order chi connectivity index (χ0) is 23.7. The third-order valence-corrected chi connectivity index (χ3v) is 5.37. The van der Waals surface area contributed by atoms with Gasteiger partial charge in [-0.1, -0.05) is 19.9 Å². The van der Waals surface area contributed by atoms with Crippen LogP contribution in [-0.4, -0.2) is 52.8 Å². The molecule has 0 aliphatic rings. The number of benzene rings is 2. The highest BCUT2D eigenvalue weighted by Gasteiger charge is 2.23. The van der Waals surface area contributed by atoms with Crippen molar-refractivity contribution in [1.82, 2.24) is 10.2 Å². The van der Waals surface area contributed by atoms with Gasteiger partial charge in [0, 0.05) is 36.0 Å². The summed E-state index contributed by atoms with van der Waals surface area (Å²) in [5.74, 6) is -2.07. The van der Waals surface area contributed by atoms with E-state index in [0.29, 0.717) is 24.2 Å². The topological polar surface area (TPSA) is 69.6 Å². The smallest absolute Gasteiger partial charge is 0.253 e. The van der Waals surface area contributed by atoms with Crippen molar-refractivity contribution in [2.24, 2.45) is 0 Å². The molecule has 2 aromatic rings. The zero-order valence-corrected chi connectivity index (χ0v) is 19.2. The van der Waals surface area contributed by atoms with E-state index >= 15 is 0 Å². The van der Waals surface area contributed by atoms with Gasteiger partial charge in [-0.25, -0.2) is 8.78 Å². The Hall–Kier alpha value is -2.45. The summed E-state index contributed by atoms with van der Waals surface area (Å²) in [6.07, 6.45) is 0.635. The maximum Gasteiger partial charge on any atom is 0.253 e. The predicted molar refractivity (Wildman–Crippen MR) is 124 cm³/mol. The number of halogens is 2. The first-order valence-electron chi connectivity index (χ1n) is 10.7. The van der Waals surface area contributed by atoms with Gasteiger partial charge in [-0.05, 0) is 55.2 Å². The highest BCUT2D eigenvalue weighted by atomic mass is 32.1. The maximum absolute atomic E-state index is 13.5. The number of hydrogen-bond acceptors (Lipinski definition) is 4. The molecule has 5 nitrogen and oxygen atoms in total. The molecule has 0 heterocycles. The molecule has 0 bridgehead atoms. The van der Waals surface area contributed by atoms with Gasteiger partial charge in [0.05, 0.1) is 12.1 Å². The largest absolute Gasteiger partial charge is 0.390 e. The average Bonchev–Trinajstić information content (AvgIpc) is 2.76. The number of amides is 2. The zero-order valence-electron chi connectivity index (χ0n) is 18.4. The van der Waals surface area contributed by atoms with Crippen LogP contribution < -0.4 is 5.32 Å². The van der Waals surface area contributed by atoms with Gasteiger partial charge in [0.25, 0.3) is 11.8 Å². The molecule has 0 spiro atoms. The molecular weight excluding hydrogens is 434 g/mol. The minimum absolute atomic E-state index is 0.0154. The molecule has 0 radical (unpaired) electrons. The number of carbonyl (C=O) groups is 2. The summed E-state index contributed by atoms with van der Waals surface area (Å²) < 4.78 is 27.1. The lowest BCUT2D eigenvalue weighted by molar-refractivity contribution is 0.0755. The Morgan fingerprint density at radius 3 is 2.19 bits per heavy atom. The van der Waals surface area contributed by atoms with E-state index in [1.807, 2.05) is 13.8 Å². The highest BCUT2D eigenvalue weighted by molar-refractivity contribution is 7.80. The van der Waals surface area contributed by atoms with E-state index < -0.39 is 29.7 Å². The number of hydrogen-bond donors (Lipinski definition) is 3. The summed E-state index contributed by atoms with van der Waals surface area (Å²) in [7, 11) is 0. The summed E-state index contributed by atoms with van der Waals surface area (Å²) in [5, 5.41) is 13.0. The van der Waals surface area contributed by atoms with Gasteiger partial charge in [-0.3, -0.25) is 9.59 Å². The minimum Gasteiger partial charge on any atom is -0.390 e. The Bertz CT molecular complexity index is 900. The van der Waals surface area contributed by atoms with Crippen molar-refractivity contribution in [3.05, 3.63) is 70.8 Å². The molecule has 2 rings (SSSR count). The van der Waals surface area contributed by atoms with Crippen LogP contribution in [-0.2, 0) is 6.42 Å². The second-order valence-electron chi connectivity index (χ2n) is 7.68. The van der Waals surface area contributed by atoms with Crippen molar-refractivity contribution in [3.63, 3.8) is 0 Å². The number of carbonyl (C=O) groups excluding carboxylic acids is 2. The SMILES string of the molecule is CCCN(CCC)C(=O)c1cccc(C(=O)NC(Cc2cc(F)cc(F)c2)[C@H](O)CS)c1. The van der Waals surface area contributed by atoms with Gasteiger partial charge in [-0.2, -0.15) is 12.6 Å². The number of aliphatic hydroxyl groups is 1. The lowest BCUT2D eigenvalue weighted by Gasteiger charge is -2.24. The predicted octanol–water partition coefficient (Wildman–Crippen LogP) is 3.86.